The Balaban J connectivity index is 1.63. The Kier molecular flexibility index (Phi) is 6.01. The molecule has 0 aliphatic carbocycles. The molecule has 1 aliphatic rings. The number of nitrogens with one attached hydrogen (secondary N) is 2. The highest BCUT2D eigenvalue weighted by Gasteiger charge is 2.36. The molecule has 0 spiro atoms. The third-order valence-corrected chi connectivity index (χ3v) is 4.91. The van der Waals surface area contributed by atoms with Crippen molar-refractivity contribution in [2.24, 2.45) is 11.7 Å². The van der Waals surface area contributed by atoms with Crippen LogP contribution in [0.3, 0.4) is 0 Å². The van der Waals surface area contributed by atoms with Gasteiger partial charge in [-0.05, 0) is 36.8 Å². The number of urea groups is 1. The Hall–Kier alpha value is -3.55. The van der Waals surface area contributed by atoms with E-state index in [1.54, 1.807) is 48.4 Å². The molecule has 0 bridgehead atoms. The third-order valence-electron chi connectivity index (χ3n) is 4.91. The Morgan fingerprint density at radius 2 is 1.86 bits per heavy atom. The maximum atomic E-state index is 12.7. The van der Waals surface area contributed by atoms with Crippen LogP contribution in [-0.2, 0) is 9.59 Å². The van der Waals surface area contributed by atoms with E-state index in [4.69, 9.17) is 10.5 Å². The van der Waals surface area contributed by atoms with Gasteiger partial charge in [0.1, 0.15) is 5.75 Å². The van der Waals surface area contributed by atoms with Gasteiger partial charge in [-0.1, -0.05) is 24.3 Å². The second-order valence-corrected chi connectivity index (χ2v) is 6.92. The molecule has 2 unspecified atom stereocenters. The lowest BCUT2D eigenvalue weighted by atomic mass is 10.0. The van der Waals surface area contributed by atoms with Gasteiger partial charge < -0.3 is 26.0 Å². The van der Waals surface area contributed by atoms with Gasteiger partial charge in [0.15, 0.2) is 0 Å². The van der Waals surface area contributed by atoms with Gasteiger partial charge in [0.2, 0.25) is 11.8 Å². The van der Waals surface area contributed by atoms with Crippen molar-refractivity contribution >= 4 is 29.2 Å². The quantitative estimate of drug-likeness (QED) is 0.696. The number of amides is 4. The molecule has 1 saturated heterocycles. The van der Waals surface area contributed by atoms with E-state index in [1.165, 1.54) is 0 Å². The molecular weight excluding hydrogens is 372 g/mol. The van der Waals surface area contributed by atoms with Gasteiger partial charge in [0.25, 0.3) is 0 Å². The number of nitrogens with zero attached hydrogens (tertiary/aromatic N) is 1. The van der Waals surface area contributed by atoms with E-state index in [1.807, 2.05) is 19.1 Å². The minimum Gasteiger partial charge on any atom is -0.495 e. The number of rotatable bonds is 6. The molecule has 0 aromatic heterocycles. The fourth-order valence-electron chi connectivity index (χ4n) is 3.38. The van der Waals surface area contributed by atoms with Gasteiger partial charge >= 0.3 is 6.03 Å². The van der Waals surface area contributed by atoms with Crippen molar-refractivity contribution in [2.75, 3.05) is 23.9 Å². The van der Waals surface area contributed by atoms with Crippen LogP contribution in [0.1, 0.15) is 24.9 Å². The normalized spacial score (nSPS) is 17.0. The molecule has 0 radical (unpaired) electrons. The monoisotopic (exact) mass is 396 g/mol. The third kappa shape index (κ3) is 4.66. The van der Waals surface area contributed by atoms with Crippen molar-refractivity contribution in [3.8, 4) is 5.75 Å². The number of para-hydroxylation sites is 2. The molecule has 8 nitrogen and oxygen atoms in total. The first kappa shape index (κ1) is 20.2. The summed E-state index contributed by atoms with van der Waals surface area (Å²) in [6.45, 7) is 2.17. The van der Waals surface area contributed by atoms with Crippen molar-refractivity contribution in [2.45, 2.75) is 19.4 Å². The van der Waals surface area contributed by atoms with E-state index in [0.717, 1.165) is 5.56 Å². The summed E-state index contributed by atoms with van der Waals surface area (Å²) >= 11 is 0. The highest BCUT2D eigenvalue weighted by Crippen LogP contribution is 2.33. The lowest BCUT2D eigenvalue weighted by Gasteiger charge is -2.20. The van der Waals surface area contributed by atoms with Crippen LogP contribution >= 0.6 is 0 Å². The molecular formula is C21H24N4O4. The van der Waals surface area contributed by atoms with Crippen LogP contribution < -0.4 is 26.0 Å². The summed E-state index contributed by atoms with van der Waals surface area (Å²) in [4.78, 5) is 37.7. The van der Waals surface area contributed by atoms with Crippen molar-refractivity contribution in [3.63, 3.8) is 0 Å². The first-order valence-corrected chi connectivity index (χ1v) is 9.29. The molecule has 4 amide bonds. The topological polar surface area (TPSA) is 114 Å². The first-order chi connectivity index (χ1) is 13.9. The zero-order valence-electron chi connectivity index (χ0n) is 16.3. The maximum Gasteiger partial charge on any atom is 0.316 e. The van der Waals surface area contributed by atoms with Crippen LogP contribution in [0.5, 0.6) is 5.75 Å². The predicted molar refractivity (Wildman–Crippen MR) is 110 cm³/mol. The van der Waals surface area contributed by atoms with Gasteiger partial charge in [-0.2, -0.15) is 0 Å². The van der Waals surface area contributed by atoms with Gasteiger partial charge in [0.05, 0.1) is 24.8 Å². The van der Waals surface area contributed by atoms with Gasteiger partial charge in [-0.3, -0.25) is 9.59 Å². The minimum atomic E-state index is -0.635. The molecule has 29 heavy (non-hydrogen) atoms. The fourth-order valence-corrected chi connectivity index (χ4v) is 3.38. The molecule has 1 heterocycles. The standard InChI is InChI=1S/C21H24N4O4/c1-13(14-7-9-16(10-8-14)24-21(22)28)23-20(27)15-11-19(26)25(12-15)17-5-3-4-6-18(17)29-2/h3-10,13,15H,11-12H2,1-2H3,(H,23,27)(H3,22,24,28). The number of hydrogen-bond acceptors (Lipinski definition) is 4. The Labute approximate surface area is 169 Å². The molecule has 0 saturated carbocycles. The second-order valence-electron chi connectivity index (χ2n) is 6.92. The number of benzene rings is 2. The van der Waals surface area contributed by atoms with E-state index >= 15 is 0 Å². The second kappa shape index (κ2) is 8.64. The Bertz CT molecular complexity index is 913. The molecule has 1 fully saturated rings. The Morgan fingerprint density at radius 1 is 1.17 bits per heavy atom. The van der Waals surface area contributed by atoms with Crippen LogP contribution in [0.2, 0.25) is 0 Å². The minimum absolute atomic E-state index is 0.107. The number of methoxy groups -OCH3 is 1. The first-order valence-electron chi connectivity index (χ1n) is 9.29. The number of nitrogens with two attached hydrogens (primary N) is 1. The van der Waals surface area contributed by atoms with Gasteiger partial charge in [-0.15, -0.1) is 0 Å². The number of anilines is 2. The Morgan fingerprint density at radius 3 is 2.52 bits per heavy atom. The molecule has 4 N–H and O–H groups in total. The van der Waals surface area contributed by atoms with Gasteiger partial charge in [0, 0.05) is 18.7 Å². The SMILES string of the molecule is COc1ccccc1N1CC(C(=O)NC(C)c2ccc(NC(N)=O)cc2)CC1=O. The van der Waals surface area contributed by atoms with Gasteiger partial charge in [-0.25, -0.2) is 4.79 Å². The summed E-state index contributed by atoms with van der Waals surface area (Å²) < 4.78 is 5.33. The van der Waals surface area contributed by atoms with Crippen molar-refractivity contribution < 1.29 is 19.1 Å². The summed E-state index contributed by atoms with van der Waals surface area (Å²) in [7, 11) is 1.55. The van der Waals surface area contributed by atoms with Crippen molar-refractivity contribution in [1.29, 1.82) is 0 Å². The molecule has 1 aliphatic heterocycles. The van der Waals surface area contributed by atoms with Crippen LogP contribution in [0.15, 0.2) is 48.5 Å². The van der Waals surface area contributed by atoms with E-state index in [9.17, 15) is 14.4 Å². The molecule has 8 heteroatoms. The summed E-state index contributed by atoms with van der Waals surface area (Å²) in [6.07, 6.45) is 0.151. The largest absolute Gasteiger partial charge is 0.495 e. The van der Waals surface area contributed by atoms with Crippen LogP contribution in [0.25, 0.3) is 0 Å². The highest BCUT2D eigenvalue weighted by atomic mass is 16.5. The lowest BCUT2D eigenvalue weighted by molar-refractivity contribution is -0.126. The van der Waals surface area contributed by atoms with E-state index < -0.39 is 11.9 Å². The fraction of sp³-hybridized carbons (Fsp3) is 0.286. The average molecular weight is 396 g/mol. The summed E-state index contributed by atoms with van der Waals surface area (Å²) in [5, 5.41) is 5.45. The zero-order chi connectivity index (χ0) is 21.0. The van der Waals surface area contributed by atoms with Crippen LogP contribution in [0.4, 0.5) is 16.2 Å². The van der Waals surface area contributed by atoms with E-state index in [-0.39, 0.29) is 24.3 Å². The molecule has 2 aromatic rings. The van der Waals surface area contributed by atoms with Crippen molar-refractivity contribution in [1.82, 2.24) is 5.32 Å². The molecule has 152 valence electrons. The highest BCUT2D eigenvalue weighted by molar-refractivity contribution is 6.01. The predicted octanol–water partition coefficient (Wildman–Crippen LogP) is 2.42. The molecule has 2 aromatic carbocycles. The average Bonchev–Trinajstić information content (AvgIpc) is 3.09. The smallest absolute Gasteiger partial charge is 0.316 e. The number of carbonyl (C=O) groups is 3. The number of primary amides is 1. The number of ether oxygens (including phenoxy) is 1. The summed E-state index contributed by atoms with van der Waals surface area (Å²) in [6, 6.07) is 13.4. The summed E-state index contributed by atoms with van der Waals surface area (Å²) in [5.41, 5.74) is 7.21. The van der Waals surface area contributed by atoms with E-state index in [0.29, 0.717) is 23.7 Å². The van der Waals surface area contributed by atoms with Crippen molar-refractivity contribution in [3.05, 3.63) is 54.1 Å². The van der Waals surface area contributed by atoms with Crippen LogP contribution in [0, 0.1) is 5.92 Å². The molecule has 3 rings (SSSR count). The van der Waals surface area contributed by atoms with Crippen LogP contribution in [-0.4, -0.2) is 31.5 Å². The number of hydrogen-bond donors (Lipinski definition) is 3. The maximum absolute atomic E-state index is 12.7. The summed E-state index contributed by atoms with van der Waals surface area (Å²) in [5.74, 6) is -0.127. The van der Waals surface area contributed by atoms with E-state index in [2.05, 4.69) is 10.6 Å². The molecule has 2 atom stereocenters. The zero-order valence-corrected chi connectivity index (χ0v) is 16.3. The lowest BCUT2D eigenvalue weighted by Crippen LogP contribution is -2.34. The number of carbonyl (C=O) groups excluding carboxylic acids is 3.